The second-order valence-electron chi connectivity index (χ2n) is 6.37. The molecule has 0 spiro atoms. The number of rotatable bonds is 5. The zero-order valence-electron chi connectivity index (χ0n) is 14.2. The zero-order valence-corrected chi connectivity index (χ0v) is 14.2. The molecule has 0 radical (unpaired) electrons. The number of anilines is 1. The minimum atomic E-state index is -0.691. The molecule has 7 heteroatoms. The first kappa shape index (κ1) is 16.3. The van der Waals surface area contributed by atoms with E-state index in [1.54, 1.807) is 43.3 Å². The number of para-hydroxylation sites is 1. The van der Waals surface area contributed by atoms with Crippen LogP contribution in [0.1, 0.15) is 42.1 Å². The monoisotopic (exact) mass is 350 g/mol. The van der Waals surface area contributed by atoms with E-state index in [-0.39, 0.29) is 5.56 Å². The van der Waals surface area contributed by atoms with Gasteiger partial charge in [0.15, 0.2) is 11.9 Å². The fourth-order valence-electron chi connectivity index (χ4n) is 2.62. The summed E-state index contributed by atoms with van der Waals surface area (Å²) in [4.78, 5) is 35.7. The van der Waals surface area contributed by atoms with Crippen molar-refractivity contribution in [2.45, 2.75) is 31.9 Å². The smallest absolute Gasteiger partial charge is 0.340 e. The lowest BCUT2D eigenvalue weighted by Gasteiger charge is -2.13. The van der Waals surface area contributed by atoms with E-state index in [0.29, 0.717) is 28.3 Å². The molecule has 1 saturated carbocycles. The van der Waals surface area contributed by atoms with Crippen LogP contribution in [0, 0.1) is 0 Å². The highest BCUT2D eigenvalue weighted by molar-refractivity contribution is 5.89. The van der Waals surface area contributed by atoms with Crippen molar-refractivity contribution in [1.82, 2.24) is 15.0 Å². The number of hydrogen-bond donors (Lipinski definition) is 2. The number of hydrogen-bond acceptors (Lipinski definition) is 6. The summed E-state index contributed by atoms with van der Waals surface area (Å²) in [6, 6.07) is 11.0. The van der Waals surface area contributed by atoms with Crippen molar-refractivity contribution >= 4 is 22.7 Å². The van der Waals surface area contributed by atoms with Gasteiger partial charge in [-0.15, -0.1) is 0 Å². The normalized spacial score (nSPS) is 14.8. The third-order valence-corrected chi connectivity index (χ3v) is 4.23. The number of benzene rings is 1. The number of fused-ring (bicyclic) bond motifs is 1. The molecule has 1 aliphatic rings. The molecule has 1 aromatic carbocycles. The lowest BCUT2D eigenvalue weighted by molar-refractivity contribution is 0.0319. The summed E-state index contributed by atoms with van der Waals surface area (Å²) in [7, 11) is 0. The van der Waals surface area contributed by atoms with Crippen LogP contribution >= 0.6 is 0 Å². The Bertz CT molecular complexity index is 1010. The highest BCUT2D eigenvalue weighted by Crippen LogP contribution is 2.23. The fourth-order valence-corrected chi connectivity index (χ4v) is 2.62. The highest BCUT2D eigenvalue weighted by Gasteiger charge is 2.21. The molecule has 0 bridgehead atoms. The lowest BCUT2D eigenvalue weighted by atomic mass is 10.2. The van der Waals surface area contributed by atoms with Gasteiger partial charge in [-0.3, -0.25) is 4.79 Å². The number of ether oxygens (including phenoxy) is 1. The number of aromatic nitrogens is 3. The van der Waals surface area contributed by atoms with E-state index in [1.807, 2.05) is 0 Å². The molecule has 4 rings (SSSR count). The molecule has 0 aliphatic heterocycles. The Balaban J connectivity index is 1.49. The third kappa shape index (κ3) is 3.42. The van der Waals surface area contributed by atoms with Gasteiger partial charge in [-0.05, 0) is 44.0 Å². The Labute approximate surface area is 149 Å². The molecule has 1 atom stereocenters. The van der Waals surface area contributed by atoms with Gasteiger partial charge in [0.25, 0.3) is 5.56 Å². The van der Waals surface area contributed by atoms with Crippen molar-refractivity contribution in [3.05, 3.63) is 64.3 Å². The molecular formula is C19H18N4O3. The van der Waals surface area contributed by atoms with Gasteiger partial charge < -0.3 is 15.0 Å². The van der Waals surface area contributed by atoms with Crippen molar-refractivity contribution in [3.63, 3.8) is 0 Å². The molecule has 0 amide bonds. The van der Waals surface area contributed by atoms with E-state index in [0.717, 1.165) is 18.7 Å². The van der Waals surface area contributed by atoms with Gasteiger partial charge in [-0.1, -0.05) is 12.1 Å². The number of nitrogens with one attached hydrogen (secondary N) is 2. The van der Waals surface area contributed by atoms with E-state index < -0.39 is 12.1 Å². The summed E-state index contributed by atoms with van der Waals surface area (Å²) < 4.78 is 5.43. The van der Waals surface area contributed by atoms with Crippen molar-refractivity contribution in [2.24, 2.45) is 0 Å². The van der Waals surface area contributed by atoms with Gasteiger partial charge in [-0.2, -0.15) is 0 Å². The first-order chi connectivity index (χ1) is 12.6. The second-order valence-corrected chi connectivity index (χ2v) is 6.37. The minimum Gasteiger partial charge on any atom is -0.451 e. The molecule has 26 heavy (non-hydrogen) atoms. The predicted molar refractivity (Wildman–Crippen MR) is 97.1 cm³/mol. The lowest BCUT2D eigenvalue weighted by Crippen LogP contribution is -2.17. The summed E-state index contributed by atoms with van der Waals surface area (Å²) in [5.74, 6) is 0.540. The largest absolute Gasteiger partial charge is 0.451 e. The number of esters is 1. The topological polar surface area (TPSA) is 97.0 Å². The average molecular weight is 350 g/mol. The van der Waals surface area contributed by atoms with Gasteiger partial charge in [0, 0.05) is 12.2 Å². The molecule has 0 saturated heterocycles. The molecule has 1 aliphatic carbocycles. The second kappa shape index (κ2) is 6.59. The summed E-state index contributed by atoms with van der Waals surface area (Å²) in [6.45, 7) is 1.67. The van der Waals surface area contributed by atoms with Crippen LogP contribution in [-0.2, 0) is 4.74 Å². The zero-order chi connectivity index (χ0) is 18.1. The molecule has 2 heterocycles. The highest BCUT2D eigenvalue weighted by atomic mass is 16.5. The first-order valence-corrected chi connectivity index (χ1v) is 8.53. The molecule has 7 nitrogen and oxygen atoms in total. The molecule has 1 unspecified atom stereocenters. The number of pyridine rings is 1. The van der Waals surface area contributed by atoms with Crippen molar-refractivity contribution in [2.75, 3.05) is 5.32 Å². The maximum Gasteiger partial charge on any atom is 0.340 e. The Kier molecular flexibility index (Phi) is 4.12. The number of nitrogens with zero attached hydrogens (tertiary/aromatic N) is 2. The number of carbonyl (C=O) groups is 1. The van der Waals surface area contributed by atoms with Crippen LogP contribution in [0.5, 0.6) is 0 Å². The number of H-pyrrole nitrogens is 1. The third-order valence-electron chi connectivity index (χ3n) is 4.23. The molecule has 132 valence electrons. The Morgan fingerprint density at radius 2 is 2.08 bits per heavy atom. The molecule has 1 fully saturated rings. The quantitative estimate of drug-likeness (QED) is 0.687. The first-order valence-electron chi connectivity index (χ1n) is 8.53. The Morgan fingerprint density at radius 3 is 2.81 bits per heavy atom. The van der Waals surface area contributed by atoms with Gasteiger partial charge in [-0.25, -0.2) is 14.8 Å². The van der Waals surface area contributed by atoms with Crippen LogP contribution in [0.2, 0.25) is 0 Å². The summed E-state index contributed by atoms with van der Waals surface area (Å²) in [5.41, 5.74) is 0.651. The van der Waals surface area contributed by atoms with Crippen LogP contribution in [0.25, 0.3) is 10.9 Å². The maximum absolute atomic E-state index is 12.3. The van der Waals surface area contributed by atoms with Gasteiger partial charge in [0.05, 0.1) is 16.5 Å². The van der Waals surface area contributed by atoms with Gasteiger partial charge in [0.2, 0.25) is 0 Å². The van der Waals surface area contributed by atoms with Crippen LogP contribution in [0.15, 0.2) is 47.4 Å². The van der Waals surface area contributed by atoms with Gasteiger partial charge in [0.1, 0.15) is 5.82 Å². The van der Waals surface area contributed by atoms with E-state index in [1.165, 1.54) is 6.20 Å². The van der Waals surface area contributed by atoms with E-state index in [9.17, 15) is 9.59 Å². The number of carbonyl (C=O) groups excluding carboxylic acids is 1. The maximum atomic E-state index is 12.3. The number of aromatic amines is 1. The summed E-state index contributed by atoms with van der Waals surface area (Å²) in [5, 5.41) is 3.76. The fraction of sp³-hybridized carbons (Fsp3) is 0.263. The van der Waals surface area contributed by atoms with E-state index >= 15 is 0 Å². The van der Waals surface area contributed by atoms with Crippen molar-refractivity contribution in [1.29, 1.82) is 0 Å². The van der Waals surface area contributed by atoms with Crippen LogP contribution < -0.4 is 10.9 Å². The van der Waals surface area contributed by atoms with E-state index in [4.69, 9.17) is 4.74 Å². The summed E-state index contributed by atoms with van der Waals surface area (Å²) in [6.07, 6.45) is 3.10. The van der Waals surface area contributed by atoms with E-state index in [2.05, 4.69) is 20.3 Å². The molecule has 2 aromatic heterocycles. The molecule has 2 N–H and O–H groups in total. The van der Waals surface area contributed by atoms with Crippen LogP contribution in [0.3, 0.4) is 0 Å². The molecule has 3 aromatic rings. The standard InChI is InChI=1S/C19H18N4O3/c1-11(17-22-15-5-3-2-4-14(15)18(24)23-17)26-19(25)12-6-9-16(20-10-12)21-13-7-8-13/h2-6,9-11,13H,7-8H2,1H3,(H,20,21)(H,22,23,24). The average Bonchev–Trinajstić information content (AvgIpc) is 3.46. The van der Waals surface area contributed by atoms with Crippen molar-refractivity contribution < 1.29 is 9.53 Å². The van der Waals surface area contributed by atoms with Crippen LogP contribution in [0.4, 0.5) is 5.82 Å². The Morgan fingerprint density at radius 1 is 1.27 bits per heavy atom. The molecular weight excluding hydrogens is 332 g/mol. The SMILES string of the molecule is CC(OC(=O)c1ccc(NC2CC2)nc1)c1nc2ccccc2c(=O)[nH]1. The summed E-state index contributed by atoms with van der Waals surface area (Å²) >= 11 is 0. The Hall–Kier alpha value is -3.22. The van der Waals surface area contributed by atoms with Gasteiger partial charge >= 0.3 is 5.97 Å². The van der Waals surface area contributed by atoms with Crippen molar-refractivity contribution in [3.8, 4) is 0 Å². The van der Waals surface area contributed by atoms with Crippen LogP contribution in [-0.4, -0.2) is 27.0 Å². The predicted octanol–water partition coefficient (Wildman–Crippen LogP) is 2.81. The minimum absolute atomic E-state index is 0.259.